The molecule has 1 aliphatic heterocycles. The minimum Gasteiger partial charge on any atom is -0.352 e. The van der Waals surface area contributed by atoms with Gasteiger partial charge in [-0.05, 0) is 17.6 Å². The average molecular weight is 330 g/mol. The number of hydrogen-bond donors (Lipinski definition) is 0. The van der Waals surface area contributed by atoms with E-state index >= 15 is 0 Å². The van der Waals surface area contributed by atoms with Crippen molar-refractivity contribution in [3.05, 3.63) is 29.9 Å². The van der Waals surface area contributed by atoms with Gasteiger partial charge in [-0.25, -0.2) is 9.97 Å². The van der Waals surface area contributed by atoms with Gasteiger partial charge in [0, 0.05) is 31.1 Å². The Morgan fingerprint density at radius 3 is 2.57 bits per heavy atom. The average Bonchev–Trinajstić information content (AvgIpc) is 2.98. The van der Waals surface area contributed by atoms with Gasteiger partial charge in [0.2, 0.25) is 5.91 Å². The summed E-state index contributed by atoms with van der Waals surface area (Å²) in [6, 6.07) is 2.17. The molecule has 0 bridgehead atoms. The van der Waals surface area contributed by atoms with Crippen LogP contribution in [-0.2, 0) is 10.2 Å². The summed E-state index contributed by atoms with van der Waals surface area (Å²) in [5.74, 6) is 0.991. The summed E-state index contributed by atoms with van der Waals surface area (Å²) in [4.78, 5) is 26.0. The van der Waals surface area contributed by atoms with E-state index in [1.807, 2.05) is 4.90 Å². The van der Waals surface area contributed by atoms with Gasteiger partial charge in [-0.3, -0.25) is 4.79 Å². The highest BCUT2D eigenvalue weighted by molar-refractivity contribution is 7.19. The fourth-order valence-corrected chi connectivity index (χ4v) is 3.89. The zero-order chi connectivity index (χ0) is 16.6. The molecule has 3 rings (SSSR count). The maximum atomic E-state index is 11.7. The van der Waals surface area contributed by atoms with Crippen LogP contribution in [0, 0.1) is 0 Å². The van der Waals surface area contributed by atoms with Crippen LogP contribution in [0.2, 0.25) is 0 Å². The lowest BCUT2D eigenvalue weighted by molar-refractivity contribution is -0.126. The van der Waals surface area contributed by atoms with E-state index < -0.39 is 0 Å². The molecule has 0 atom stereocenters. The van der Waals surface area contributed by atoms with Crippen molar-refractivity contribution in [2.45, 2.75) is 26.2 Å². The topological polar surface area (TPSA) is 49.3 Å². The van der Waals surface area contributed by atoms with Gasteiger partial charge in [0.15, 0.2) is 0 Å². The highest BCUT2D eigenvalue weighted by Crippen LogP contribution is 2.37. The Morgan fingerprint density at radius 2 is 1.96 bits per heavy atom. The monoisotopic (exact) mass is 330 g/mol. The van der Waals surface area contributed by atoms with Crippen molar-refractivity contribution < 1.29 is 4.79 Å². The van der Waals surface area contributed by atoms with E-state index in [0.717, 1.165) is 29.1 Å². The first kappa shape index (κ1) is 15.9. The lowest BCUT2D eigenvalue weighted by Gasteiger charge is -2.35. The summed E-state index contributed by atoms with van der Waals surface area (Å²) >= 11 is 1.77. The molecule has 0 unspecified atom stereocenters. The summed E-state index contributed by atoms with van der Waals surface area (Å²) in [5.41, 5.74) is 1.12. The molecule has 0 spiro atoms. The minimum absolute atomic E-state index is 0.00336. The number of thiophene rings is 1. The van der Waals surface area contributed by atoms with Crippen molar-refractivity contribution in [2.75, 3.05) is 31.1 Å². The van der Waals surface area contributed by atoms with Gasteiger partial charge >= 0.3 is 0 Å². The molecule has 0 aromatic carbocycles. The van der Waals surface area contributed by atoms with Crippen molar-refractivity contribution in [1.82, 2.24) is 14.9 Å². The van der Waals surface area contributed by atoms with Crippen molar-refractivity contribution in [2.24, 2.45) is 0 Å². The molecule has 1 saturated heterocycles. The Bertz CT molecular complexity index is 739. The number of amides is 1. The number of hydrogen-bond acceptors (Lipinski definition) is 5. The zero-order valence-electron chi connectivity index (χ0n) is 13.9. The molecule has 1 amide bonds. The highest BCUT2D eigenvalue weighted by Gasteiger charge is 2.24. The molecule has 1 fully saturated rings. The molecular weight excluding hydrogens is 308 g/mol. The van der Waals surface area contributed by atoms with Crippen molar-refractivity contribution >= 4 is 33.3 Å². The fraction of sp³-hybridized carbons (Fsp3) is 0.471. The predicted octanol–water partition coefficient (Wildman–Crippen LogP) is 2.82. The number of rotatable bonds is 2. The van der Waals surface area contributed by atoms with Crippen molar-refractivity contribution in [3.63, 3.8) is 0 Å². The van der Waals surface area contributed by atoms with Gasteiger partial charge in [-0.1, -0.05) is 27.4 Å². The van der Waals surface area contributed by atoms with Crippen molar-refractivity contribution in [1.29, 1.82) is 0 Å². The molecule has 0 radical (unpaired) electrons. The molecule has 5 nitrogen and oxygen atoms in total. The Morgan fingerprint density at radius 1 is 1.26 bits per heavy atom. The molecule has 2 aromatic rings. The van der Waals surface area contributed by atoms with Gasteiger partial charge in [0.1, 0.15) is 12.1 Å². The van der Waals surface area contributed by atoms with Crippen LogP contribution >= 0.6 is 11.3 Å². The first-order valence-electron chi connectivity index (χ1n) is 7.81. The first-order chi connectivity index (χ1) is 10.9. The lowest BCUT2D eigenvalue weighted by atomic mass is 9.95. The van der Waals surface area contributed by atoms with Crippen LogP contribution in [0.3, 0.4) is 0 Å². The first-order valence-corrected chi connectivity index (χ1v) is 8.63. The van der Waals surface area contributed by atoms with Crippen LogP contribution in [0.5, 0.6) is 0 Å². The second-order valence-corrected chi connectivity index (χ2v) is 7.84. The number of carbonyl (C=O) groups excluding carboxylic acids is 1. The third-order valence-corrected chi connectivity index (χ3v) is 5.64. The highest BCUT2D eigenvalue weighted by atomic mass is 32.1. The number of piperazine rings is 1. The molecule has 3 heterocycles. The van der Waals surface area contributed by atoms with Crippen LogP contribution in [-0.4, -0.2) is 47.0 Å². The summed E-state index contributed by atoms with van der Waals surface area (Å²) in [7, 11) is 0. The number of fused-ring (bicyclic) bond motifs is 1. The van der Waals surface area contributed by atoms with E-state index in [0.29, 0.717) is 13.1 Å². The smallest absolute Gasteiger partial charge is 0.246 e. The minimum atomic E-state index is 0.00336. The van der Waals surface area contributed by atoms with Crippen LogP contribution in [0.25, 0.3) is 10.2 Å². The fourth-order valence-electron chi connectivity index (χ4n) is 2.70. The van der Waals surface area contributed by atoms with Gasteiger partial charge in [0.25, 0.3) is 0 Å². The van der Waals surface area contributed by atoms with Gasteiger partial charge in [-0.2, -0.15) is 0 Å². The zero-order valence-corrected chi connectivity index (χ0v) is 14.7. The molecular formula is C17H22N4OS. The predicted molar refractivity (Wildman–Crippen MR) is 95.1 cm³/mol. The van der Waals surface area contributed by atoms with E-state index in [1.54, 1.807) is 17.7 Å². The lowest BCUT2D eigenvalue weighted by Crippen LogP contribution is -2.48. The summed E-state index contributed by atoms with van der Waals surface area (Å²) < 4.78 is 1.14. The largest absolute Gasteiger partial charge is 0.352 e. The SMILES string of the molecule is C=CC(=O)N1CCN(c2ncnc3cc(C(C)(C)C)sc23)CC1. The Kier molecular flexibility index (Phi) is 4.10. The van der Waals surface area contributed by atoms with Crippen LogP contribution < -0.4 is 4.90 Å². The van der Waals surface area contributed by atoms with E-state index in [9.17, 15) is 4.79 Å². The summed E-state index contributed by atoms with van der Waals surface area (Å²) in [5, 5.41) is 0. The molecule has 1 aliphatic rings. The van der Waals surface area contributed by atoms with Gasteiger partial charge in [-0.15, -0.1) is 11.3 Å². The second kappa shape index (κ2) is 5.92. The third kappa shape index (κ3) is 3.08. The molecule has 0 aliphatic carbocycles. The Balaban J connectivity index is 1.88. The molecule has 6 heteroatoms. The number of anilines is 1. The van der Waals surface area contributed by atoms with Crippen LogP contribution in [0.15, 0.2) is 25.0 Å². The molecule has 0 N–H and O–H groups in total. The Hall–Kier alpha value is -1.95. The van der Waals surface area contributed by atoms with E-state index in [4.69, 9.17) is 0 Å². The molecule has 2 aromatic heterocycles. The summed E-state index contributed by atoms with van der Waals surface area (Å²) in [6.45, 7) is 13.2. The molecule has 122 valence electrons. The van der Waals surface area contributed by atoms with Gasteiger partial charge in [0.05, 0.1) is 10.2 Å². The van der Waals surface area contributed by atoms with Crippen LogP contribution in [0.1, 0.15) is 25.6 Å². The second-order valence-electron chi connectivity index (χ2n) is 6.79. The van der Waals surface area contributed by atoms with Crippen LogP contribution in [0.4, 0.5) is 5.82 Å². The van der Waals surface area contributed by atoms with Gasteiger partial charge < -0.3 is 9.80 Å². The van der Waals surface area contributed by atoms with Crippen molar-refractivity contribution in [3.8, 4) is 0 Å². The quantitative estimate of drug-likeness (QED) is 0.795. The molecule has 23 heavy (non-hydrogen) atoms. The van der Waals surface area contributed by atoms with E-state index in [-0.39, 0.29) is 11.3 Å². The normalized spacial score (nSPS) is 16.0. The third-order valence-electron chi connectivity index (χ3n) is 4.10. The molecule has 0 saturated carbocycles. The number of aromatic nitrogens is 2. The summed E-state index contributed by atoms with van der Waals surface area (Å²) in [6.07, 6.45) is 3.02. The maximum Gasteiger partial charge on any atom is 0.246 e. The van der Waals surface area contributed by atoms with E-state index in [1.165, 1.54) is 11.0 Å². The maximum absolute atomic E-state index is 11.7. The van der Waals surface area contributed by atoms with E-state index in [2.05, 4.69) is 48.3 Å². The number of nitrogens with zero attached hydrogens (tertiary/aromatic N) is 4. The number of carbonyl (C=O) groups is 1. The Labute approximate surface area is 140 Å². The standard InChI is InChI=1S/C17H22N4OS/c1-5-14(22)20-6-8-21(9-7-20)16-15-12(18-11-19-16)10-13(23-15)17(2,3)4/h5,10-11H,1,6-9H2,2-4H3.